The highest BCUT2D eigenvalue weighted by Crippen LogP contribution is 2.56. The van der Waals surface area contributed by atoms with Gasteiger partial charge in [0.2, 0.25) is 0 Å². The maximum absolute atomic E-state index is 14.5. The summed E-state index contributed by atoms with van der Waals surface area (Å²) in [5, 5.41) is 37.9. The van der Waals surface area contributed by atoms with Crippen LogP contribution in [0.3, 0.4) is 0 Å². The van der Waals surface area contributed by atoms with Gasteiger partial charge < -0.3 is 34.6 Å². The summed E-state index contributed by atoms with van der Waals surface area (Å²) in [6.45, 7) is 0. The normalized spacial score (nSPS) is 12.8. The van der Waals surface area contributed by atoms with Crippen molar-refractivity contribution in [1.29, 1.82) is 0 Å². The van der Waals surface area contributed by atoms with Crippen molar-refractivity contribution in [3.63, 3.8) is 0 Å². The average molecular weight is 644 g/mol. The number of cyclic esters (lactones) is 2. The summed E-state index contributed by atoms with van der Waals surface area (Å²) in [7, 11) is 0. The summed E-state index contributed by atoms with van der Waals surface area (Å²) in [4.78, 5) is 72.0. The number of benzene rings is 3. The molecule has 0 radical (unpaired) electrons. The molecule has 3 aromatic carbocycles. The van der Waals surface area contributed by atoms with E-state index in [1.54, 1.807) is 0 Å². The number of esters is 2. The van der Waals surface area contributed by atoms with Crippen molar-refractivity contribution < 1.29 is 89.7 Å². The zero-order chi connectivity index (χ0) is 33.8. The molecule has 0 saturated carbocycles. The summed E-state index contributed by atoms with van der Waals surface area (Å²) < 4.78 is 101. The minimum absolute atomic E-state index is 0.525. The molecule has 3 aromatic rings. The van der Waals surface area contributed by atoms with Gasteiger partial charge in [0.25, 0.3) is 0 Å². The molecule has 0 spiro atoms. The monoisotopic (exact) mass is 644 g/mol. The zero-order valence-corrected chi connectivity index (χ0v) is 21.2. The second kappa shape index (κ2) is 10.8. The SMILES string of the molecule is O=C(O)c1cccc(Oc2c(Oc3cccc(C(=O)O)c3C(=O)O)c(C(F)(F)F)c(C(F)(F)F)c3c2C(=O)OC3=O)c1C(=O)O. The largest absolute Gasteiger partial charge is 0.478 e. The van der Waals surface area contributed by atoms with Crippen LogP contribution in [0.1, 0.15) is 73.3 Å². The first-order valence-corrected chi connectivity index (χ1v) is 11.5. The summed E-state index contributed by atoms with van der Waals surface area (Å²) in [6.07, 6.45) is -12.3. The molecule has 4 rings (SSSR count). The molecule has 0 fully saturated rings. The third kappa shape index (κ3) is 5.53. The van der Waals surface area contributed by atoms with E-state index in [4.69, 9.17) is 9.47 Å². The van der Waals surface area contributed by atoms with Gasteiger partial charge in [0, 0.05) is 0 Å². The van der Waals surface area contributed by atoms with E-state index in [9.17, 15) is 75.5 Å². The van der Waals surface area contributed by atoms with Crippen LogP contribution >= 0.6 is 0 Å². The second-order valence-corrected chi connectivity index (χ2v) is 8.61. The third-order valence-corrected chi connectivity index (χ3v) is 5.94. The van der Waals surface area contributed by atoms with E-state index in [0.717, 1.165) is 12.1 Å². The summed E-state index contributed by atoms with van der Waals surface area (Å²) in [5.74, 6) is -19.0. The van der Waals surface area contributed by atoms with E-state index >= 15 is 0 Å². The van der Waals surface area contributed by atoms with Gasteiger partial charge in [-0.2, -0.15) is 26.3 Å². The van der Waals surface area contributed by atoms with E-state index in [1.165, 1.54) is 0 Å². The molecule has 19 heteroatoms. The second-order valence-electron chi connectivity index (χ2n) is 8.61. The number of carbonyl (C=O) groups excluding carboxylic acids is 2. The lowest BCUT2D eigenvalue weighted by atomic mass is 9.93. The van der Waals surface area contributed by atoms with Crippen molar-refractivity contribution >= 4 is 35.8 Å². The number of ether oxygens (including phenoxy) is 3. The number of carboxylic acids is 4. The Bertz CT molecular complexity index is 1860. The highest BCUT2D eigenvalue weighted by Gasteiger charge is 2.55. The smallest absolute Gasteiger partial charge is 0.420 e. The number of carbonyl (C=O) groups is 6. The van der Waals surface area contributed by atoms with Crippen LogP contribution in [-0.4, -0.2) is 56.2 Å². The lowest BCUT2D eigenvalue weighted by Crippen LogP contribution is -2.23. The molecule has 1 heterocycles. The van der Waals surface area contributed by atoms with Gasteiger partial charge in [0.05, 0.1) is 22.3 Å². The maximum Gasteiger partial charge on any atom is 0.420 e. The number of halogens is 6. The topological polar surface area (TPSA) is 211 Å². The maximum atomic E-state index is 14.5. The minimum Gasteiger partial charge on any atom is -0.478 e. The molecule has 1 aliphatic heterocycles. The molecule has 0 aliphatic carbocycles. The van der Waals surface area contributed by atoms with Gasteiger partial charge in [-0.1, -0.05) is 12.1 Å². The van der Waals surface area contributed by atoms with Crippen LogP contribution in [0.25, 0.3) is 0 Å². The first-order valence-electron chi connectivity index (χ1n) is 11.5. The van der Waals surface area contributed by atoms with Gasteiger partial charge in [-0.05, 0) is 24.3 Å². The van der Waals surface area contributed by atoms with Crippen molar-refractivity contribution in [3.8, 4) is 23.0 Å². The van der Waals surface area contributed by atoms with Crippen molar-refractivity contribution in [3.05, 3.63) is 80.9 Å². The molecule has 0 aromatic heterocycles. The average Bonchev–Trinajstić information content (AvgIpc) is 3.20. The molecule has 0 bridgehead atoms. The predicted octanol–water partition coefficient (Wildman–Crippen LogP) is 5.41. The summed E-state index contributed by atoms with van der Waals surface area (Å²) in [5.41, 5.74) is -14.4. The van der Waals surface area contributed by atoms with Crippen LogP contribution in [0.5, 0.6) is 23.0 Å². The van der Waals surface area contributed by atoms with Gasteiger partial charge in [-0.15, -0.1) is 0 Å². The molecule has 1 aliphatic rings. The van der Waals surface area contributed by atoms with E-state index in [1.807, 2.05) is 0 Å². The molecule has 0 atom stereocenters. The van der Waals surface area contributed by atoms with Gasteiger partial charge in [-0.25, -0.2) is 28.8 Å². The van der Waals surface area contributed by atoms with Gasteiger partial charge >= 0.3 is 48.2 Å². The summed E-state index contributed by atoms with van der Waals surface area (Å²) >= 11 is 0. The number of rotatable bonds is 8. The van der Waals surface area contributed by atoms with Crippen LogP contribution in [0.15, 0.2) is 36.4 Å². The number of hydrogen-bond acceptors (Lipinski definition) is 9. The molecule has 4 N–H and O–H groups in total. The van der Waals surface area contributed by atoms with Gasteiger partial charge in [0.15, 0.2) is 11.5 Å². The Hall–Kier alpha value is -6.14. The van der Waals surface area contributed by atoms with E-state index in [0.29, 0.717) is 24.3 Å². The molecule has 13 nitrogen and oxygen atoms in total. The van der Waals surface area contributed by atoms with Crippen LogP contribution < -0.4 is 9.47 Å². The fourth-order valence-corrected chi connectivity index (χ4v) is 4.29. The van der Waals surface area contributed by atoms with Crippen molar-refractivity contribution in [2.45, 2.75) is 12.4 Å². The number of alkyl halides is 6. The van der Waals surface area contributed by atoms with Crippen molar-refractivity contribution in [2.24, 2.45) is 0 Å². The highest BCUT2D eigenvalue weighted by atomic mass is 19.4. The zero-order valence-electron chi connectivity index (χ0n) is 21.2. The number of carboxylic acid groups (broad SMARTS) is 4. The van der Waals surface area contributed by atoms with E-state index in [-0.39, 0.29) is 0 Å². The lowest BCUT2D eigenvalue weighted by Gasteiger charge is -2.24. The van der Waals surface area contributed by atoms with Crippen molar-refractivity contribution in [2.75, 3.05) is 0 Å². The third-order valence-electron chi connectivity index (χ3n) is 5.94. The lowest BCUT2D eigenvalue weighted by molar-refractivity contribution is -0.163. The first-order chi connectivity index (χ1) is 20.8. The minimum atomic E-state index is -6.19. The number of aromatic carboxylic acids is 4. The Balaban J connectivity index is 2.24. The fourth-order valence-electron chi connectivity index (χ4n) is 4.29. The van der Waals surface area contributed by atoms with E-state index < -0.39 is 116 Å². The molecular weight excluding hydrogens is 634 g/mol. The van der Waals surface area contributed by atoms with Gasteiger partial charge in [-0.3, -0.25) is 0 Å². The Morgan fingerprint density at radius 2 is 0.978 bits per heavy atom. The van der Waals surface area contributed by atoms with E-state index in [2.05, 4.69) is 4.74 Å². The molecule has 0 unspecified atom stereocenters. The van der Waals surface area contributed by atoms with Crippen LogP contribution in [0.4, 0.5) is 26.3 Å². The van der Waals surface area contributed by atoms with Gasteiger partial charge in [0.1, 0.15) is 33.8 Å². The van der Waals surface area contributed by atoms with Crippen molar-refractivity contribution in [1.82, 2.24) is 0 Å². The fraction of sp³-hybridized carbons (Fsp3) is 0.0769. The molecule has 45 heavy (non-hydrogen) atoms. The van der Waals surface area contributed by atoms with Crippen LogP contribution in [0, 0.1) is 0 Å². The Morgan fingerprint density at radius 3 is 1.36 bits per heavy atom. The molecular formula is C26H10F6O13. The molecule has 234 valence electrons. The molecule has 0 amide bonds. The highest BCUT2D eigenvalue weighted by molar-refractivity contribution is 6.18. The quantitative estimate of drug-likeness (QED) is 0.137. The molecule has 0 saturated heterocycles. The number of fused-ring (bicyclic) bond motifs is 1. The first kappa shape index (κ1) is 31.8. The Labute approximate surface area is 242 Å². The predicted molar refractivity (Wildman–Crippen MR) is 127 cm³/mol. The standard InChI is InChI=1S/C26H10F6O13/c27-25(28,29)15-13-14(24(42)45-23(13)41)17(43-9-5-1-3-7(19(33)34)11(9)21(37)38)18(16(15)26(30,31)32)44-10-6-2-4-8(20(35)36)12(10)22(39)40/h1-6H,(H,33,34)(H,35,36)(H,37,38)(H,39,40). The Morgan fingerprint density at radius 1 is 0.578 bits per heavy atom. The number of hydrogen-bond donors (Lipinski definition) is 4. The summed E-state index contributed by atoms with van der Waals surface area (Å²) in [6, 6.07) is 4.01. The van der Waals surface area contributed by atoms with Crippen LogP contribution in [-0.2, 0) is 17.1 Å². The Kier molecular flexibility index (Phi) is 7.66. The van der Waals surface area contributed by atoms with Crippen LogP contribution in [0.2, 0.25) is 0 Å².